The van der Waals surface area contributed by atoms with E-state index >= 15 is 0 Å². The molecule has 0 aromatic carbocycles. The zero-order valence-electron chi connectivity index (χ0n) is 17.6. The molecule has 0 radical (unpaired) electrons. The first-order valence-corrected chi connectivity index (χ1v) is 14.0. The van der Waals surface area contributed by atoms with E-state index in [4.69, 9.17) is 24.4 Å². The maximum absolute atomic E-state index is 5.81. The van der Waals surface area contributed by atoms with Crippen LogP contribution in [0.15, 0.2) is 0 Å². The fraction of sp³-hybridized carbons (Fsp3) is 0.900. The summed E-state index contributed by atoms with van der Waals surface area (Å²) < 4.78 is 2.66. The molecule has 0 spiro atoms. The number of thiocarbonyl (C=S) groups is 2. The molecule has 1 aliphatic rings. The summed E-state index contributed by atoms with van der Waals surface area (Å²) in [5, 5.41) is 0. The molecule has 0 saturated carbocycles. The van der Waals surface area contributed by atoms with Crippen molar-refractivity contribution in [1.29, 1.82) is 0 Å². The molecule has 1 heterocycles. The molecule has 4 atom stereocenters. The summed E-state index contributed by atoms with van der Waals surface area (Å²) in [6.45, 7) is 18.4. The molecule has 0 nitrogen and oxygen atoms in total. The van der Waals surface area contributed by atoms with Gasteiger partial charge < -0.3 is 0 Å². The molecular formula is C20H36S6. The lowest BCUT2D eigenvalue weighted by atomic mass is 10.1. The maximum Gasteiger partial charge on any atom is 0.118 e. The Hall–Kier alpha value is 1.58. The quantitative estimate of drug-likeness (QED) is 0.291. The molecule has 152 valence electrons. The van der Waals surface area contributed by atoms with Crippen molar-refractivity contribution in [1.82, 2.24) is 0 Å². The van der Waals surface area contributed by atoms with E-state index in [2.05, 4.69) is 78.9 Å². The van der Waals surface area contributed by atoms with Crippen molar-refractivity contribution in [2.45, 2.75) is 87.9 Å². The van der Waals surface area contributed by atoms with Crippen molar-refractivity contribution in [2.75, 3.05) is 0 Å². The smallest absolute Gasteiger partial charge is 0.103 e. The van der Waals surface area contributed by atoms with Crippen LogP contribution in [0.5, 0.6) is 0 Å². The van der Waals surface area contributed by atoms with E-state index in [1.807, 2.05) is 23.5 Å². The Morgan fingerprint density at radius 1 is 0.692 bits per heavy atom. The molecule has 0 N–H and O–H groups in total. The van der Waals surface area contributed by atoms with E-state index in [-0.39, 0.29) is 6.82 Å². The van der Waals surface area contributed by atoms with Crippen LogP contribution in [0.1, 0.15) is 81.1 Å². The van der Waals surface area contributed by atoms with Gasteiger partial charge in [0.15, 0.2) is 0 Å². The van der Waals surface area contributed by atoms with Gasteiger partial charge in [-0.25, -0.2) is 0 Å². The largest absolute Gasteiger partial charge is 0.118 e. The first-order valence-electron chi connectivity index (χ1n) is 9.97. The number of hydrogen-bond donors (Lipinski definition) is 0. The Bertz CT molecular complexity index is 441. The fourth-order valence-electron chi connectivity index (χ4n) is 2.41. The molecule has 0 aliphatic carbocycles. The highest BCUT2D eigenvalue weighted by Crippen LogP contribution is 2.79. The monoisotopic (exact) mass is 468 g/mol. The average Bonchev–Trinajstić information content (AvgIpc) is 2.62. The van der Waals surface area contributed by atoms with E-state index < -0.39 is 0 Å². The third-order valence-electron chi connectivity index (χ3n) is 5.52. The minimum Gasteiger partial charge on any atom is -0.103 e. The van der Waals surface area contributed by atoms with E-state index in [0.29, 0.717) is 23.7 Å². The Morgan fingerprint density at radius 3 is 1.23 bits per heavy atom. The third-order valence-corrected chi connectivity index (χ3v) is 15.1. The van der Waals surface area contributed by atoms with Crippen molar-refractivity contribution in [2.24, 2.45) is 23.7 Å². The fourth-order valence-corrected chi connectivity index (χ4v) is 14.1. The molecule has 0 aromatic rings. The number of thioether (sulfide) groups is 4. The van der Waals surface area contributed by atoms with Gasteiger partial charge in [0.05, 0.1) is 8.39 Å². The van der Waals surface area contributed by atoms with Crippen LogP contribution in [-0.4, -0.2) is 15.2 Å². The molecule has 1 fully saturated rings. The molecular weight excluding hydrogens is 433 g/mol. The van der Waals surface area contributed by atoms with Crippen LogP contribution >= 0.6 is 71.5 Å². The molecule has 1 saturated heterocycles. The molecule has 0 bridgehead atoms. The molecule has 0 amide bonds. The van der Waals surface area contributed by atoms with E-state index in [1.165, 1.54) is 21.2 Å². The Labute approximate surface area is 190 Å². The summed E-state index contributed by atoms with van der Waals surface area (Å²) in [4.78, 5) is 0. The van der Waals surface area contributed by atoms with Gasteiger partial charge in [-0.05, 0) is 36.5 Å². The maximum atomic E-state index is 5.81. The summed E-state index contributed by atoms with van der Waals surface area (Å²) in [6, 6.07) is 0. The first kappa shape index (κ1) is 25.6. The van der Waals surface area contributed by atoms with Gasteiger partial charge in [0, 0.05) is 0 Å². The van der Waals surface area contributed by atoms with Crippen LogP contribution in [0.25, 0.3) is 0 Å². The van der Waals surface area contributed by atoms with Gasteiger partial charge in [-0.2, -0.15) is 0 Å². The van der Waals surface area contributed by atoms with Crippen LogP contribution in [-0.2, 0) is 0 Å². The Kier molecular flexibility index (Phi) is 10.9. The summed E-state index contributed by atoms with van der Waals surface area (Å²) >= 11 is 19.9. The lowest BCUT2D eigenvalue weighted by Crippen LogP contribution is -2.49. The zero-order chi connectivity index (χ0) is 20.1. The second kappa shape index (κ2) is 11.1. The molecule has 1 rings (SSSR count). The highest BCUT2D eigenvalue weighted by atomic mass is 32.3. The van der Waals surface area contributed by atoms with Crippen LogP contribution < -0.4 is 0 Å². The van der Waals surface area contributed by atoms with Gasteiger partial charge in [-0.3, -0.25) is 0 Å². The van der Waals surface area contributed by atoms with Crippen LogP contribution in [0.3, 0.4) is 0 Å². The van der Waals surface area contributed by atoms with Gasteiger partial charge in [0.25, 0.3) is 0 Å². The van der Waals surface area contributed by atoms with Gasteiger partial charge >= 0.3 is 0 Å². The Morgan fingerprint density at radius 2 is 1.00 bits per heavy atom. The Balaban J connectivity index is 3.04. The van der Waals surface area contributed by atoms with Gasteiger partial charge in [-0.15, -0.1) is 23.5 Å². The minimum absolute atomic E-state index is 0.150. The zero-order valence-corrected chi connectivity index (χ0v) is 22.5. The van der Waals surface area contributed by atoms with Gasteiger partial charge in [0.2, 0.25) is 0 Å². The van der Waals surface area contributed by atoms with E-state index in [9.17, 15) is 0 Å². The molecule has 26 heavy (non-hydrogen) atoms. The number of rotatable bonds is 10. The van der Waals surface area contributed by atoms with Gasteiger partial charge in [0.1, 0.15) is 6.82 Å². The van der Waals surface area contributed by atoms with E-state index in [1.54, 1.807) is 0 Å². The topological polar surface area (TPSA) is 0 Å². The summed E-state index contributed by atoms with van der Waals surface area (Å²) in [7, 11) is 0. The molecule has 0 unspecified atom stereocenters. The average molecular weight is 469 g/mol. The van der Waals surface area contributed by atoms with Crippen LogP contribution in [0.4, 0.5) is 0 Å². The first-order chi connectivity index (χ1) is 12.1. The molecule has 1 aliphatic heterocycles. The van der Waals surface area contributed by atoms with Crippen molar-refractivity contribution in [3.8, 4) is 0 Å². The predicted molar refractivity (Wildman–Crippen MR) is 139 cm³/mol. The minimum atomic E-state index is 0.150. The number of hydrogen-bond acceptors (Lipinski definition) is 6. The molecule has 6 heteroatoms. The summed E-state index contributed by atoms with van der Waals surface area (Å²) in [5.74, 6) is 2.26. The summed E-state index contributed by atoms with van der Waals surface area (Å²) in [5.41, 5.74) is 0. The lowest BCUT2D eigenvalue weighted by molar-refractivity contribution is 0.549. The lowest BCUT2D eigenvalue weighted by Gasteiger charge is -2.58. The van der Waals surface area contributed by atoms with Crippen LogP contribution in [0.2, 0.25) is 0 Å². The molecule has 0 aromatic heterocycles. The van der Waals surface area contributed by atoms with Crippen molar-refractivity contribution in [3.05, 3.63) is 0 Å². The standard InChI is InChI=1S/C20H36S6/c1-9-13(5)17(21)23-19(15(7)11-3)25-20(26-19,16(8)12-4)24-18(22)14(6)10-2/h13-16H,9-12H2,1-8H3/t13-,14+,15-,16+,19?,20?. The van der Waals surface area contributed by atoms with Crippen molar-refractivity contribution < 1.29 is 0 Å². The SMILES string of the molecule is CC[C@@H](C)C(=S)SC1([C@H](C)CC)SC(SC(=S)[C@@H](C)CC)([C@@H](C)CC)S1. The van der Waals surface area contributed by atoms with Crippen LogP contribution in [0, 0.1) is 23.7 Å². The van der Waals surface area contributed by atoms with Crippen molar-refractivity contribution >= 4 is 79.9 Å². The normalized spacial score (nSPS) is 30.2. The highest BCUT2D eigenvalue weighted by molar-refractivity contribution is 8.58. The predicted octanol–water partition coefficient (Wildman–Crippen LogP) is 9.08. The van der Waals surface area contributed by atoms with E-state index in [0.717, 1.165) is 12.8 Å². The van der Waals surface area contributed by atoms with Crippen molar-refractivity contribution in [3.63, 3.8) is 0 Å². The second-order valence-electron chi connectivity index (χ2n) is 7.49. The third kappa shape index (κ3) is 5.81. The highest BCUT2D eigenvalue weighted by Gasteiger charge is 2.62. The summed E-state index contributed by atoms with van der Waals surface area (Å²) in [6.07, 6.45) is 4.63. The van der Waals surface area contributed by atoms with Gasteiger partial charge in [-0.1, -0.05) is 116 Å². The second-order valence-corrected chi connectivity index (χ2v) is 16.0.